The van der Waals surface area contributed by atoms with E-state index in [-0.39, 0.29) is 12.0 Å². The molecule has 1 amide bonds. The van der Waals surface area contributed by atoms with Gasteiger partial charge >= 0.3 is 0 Å². The molecule has 0 fully saturated rings. The number of hydrogen-bond acceptors (Lipinski definition) is 2. The number of amides is 1. The summed E-state index contributed by atoms with van der Waals surface area (Å²) in [4.78, 5) is 10.8. The van der Waals surface area contributed by atoms with Crippen LogP contribution in [0.15, 0.2) is 24.3 Å². The Balaban J connectivity index is 2.11. The van der Waals surface area contributed by atoms with Crippen LogP contribution in [0.2, 0.25) is 0 Å². The molecule has 15 heavy (non-hydrogen) atoms. The molecule has 1 aromatic rings. The molecule has 1 heterocycles. The van der Waals surface area contributed by atoms with E-state index in [4.69, 9.17) is 4.74 Å². The maximum atomic E-state index is 10.8. The minimum Gasteiger partial charge on any atom is -0.371 e. The van der Waals surface area contributed by atoms with Crippen molar-refractivity contribution in [3.63, 3.8) is 0 Å². The predicted octanol–water partition coefficient (Wildman–Crippen LogP) is 1.44. The van der Waals surface area contributed by atoms with E-state index in [2.05, 4.69) is 17.4 Å². The fourth-order valence-electron chi connectivity index (χ4n) is 1.88. The summed E-state index contributed by atoms with van der Waals surface area (Å²) in [6, 6.07) is 8.24. The first-order valence-electron chi connectivity index (χ1n) is 5.21. The second-order valence-electron chi connectivity index (χ2n) is 3.75. The smallest absolute Gasteiger partial charge is 0.216 e. The first kappa shape index (κ1) is 10.2. The van der Waals surface area contributed by atoms with Crippen LogP contribution in [0.5, 0.6) is 0 Å². The van der Waals surface area contributed by atoms with Crippen molar-refractivity contribution in [2.75, 3.05) is 13.2 Å². The third-order valence-corrected chi connectivity index (χ3v) is 2.63. The summed E-state index contributed by atoms with van der Waals surface area (Å²) in [5.74, 6) is -0.0124. The normalized spacial score (nSPS) is 19.4. The molecular weight excluding hydrogens is 190 g/mol. The number of benzene rings is 1. The van der Waals surface area contributed by atoms with Crippen LogP contribution in [0.4, 0.5) is 0 Å². The van der Waals surface area contributed by atoms with Crippen LogP contribution >= 0.6 is 0 Å². The number of hydrogen-bond donors (Lipinski definition) is 1. The molecule has 0 aliphatic carbocycles. The maximum absolute atomic E-state index is 10.8. The van der Waals surface area contributed by atoms with Crippen molar-refractivity contribution < 1.29 is 9.53 Å². The van der Waals surface area contributed by atoms with Gasteiger partial charge in [0.25, 0.3) is 0 Å². The lowest BCUT2D eigenvalue weighted by Crippen LogP contribution is -2.30. The molecule has 0 radical (unpaired) electrons. The van der Waals surface area contributed by atoms with Gasteiger partial charge in [0.15, 0.2) is 0 Å². The van der Waals surface area contributed by atoms with Gasteiger partial charge in [-0.05, 0) is 17.5 Å². The lowest BCUT2D eigenvalue weighted by molar-refractivity contribution is -0.119. The Kier molecular flexibility index (Phi) is 3.02. The van der Waals surface area contributed by atoms with Gasteiger partial charge in [-0.1, -0.05) is 24.3 Å². The zero-order valence-corrected chi connectivity index (χ0v) is 8.82. The Morgan fingerprint density at radius 3 is 3.13 bits per heavy atom. The third-order valence-electron chi connectivity index (χ3n) is 2.63. The van der Waals surface area contributed by atoms with E-state index in [0.717, 1.165) is 13.0 Å². The average Bonchev–Trinajstić information content (AvgIpc) is 2.26. The number of fused-ring (bicyclic) bond motifs is 1. The van der Waals surface area contributed by atoms with Gasteiger partial charge in [-0.3, -0.25) is 4.79 Å². The molecule has 0 saturated heterocycles. The quantitative estimate of drug-likeness (QED) is 0.793. The zero-order valence-electron chi connectivity index (χ0n) is 8.82. The number of carbonyl (C=O) groups is 1. The number of ether oxygens (including phenoxy) is 1. The van der Waals surface area contributed by atoms with Gasteiger partial charge in [0, 0.05) is 13.5 Å². The molecule has 0 aromatic heterocycles. The summed E-state index contributed by atoms with van der Waals surface area (Å²) in [6.07, 6.45) is 0.978. The van der Waals surface area contributed by atoms with Crippen LogP contribution in [0.25, 0.3) is 0 Å². The summed E-state index contributed by atoms with van der Waals surface area (Å²) < 4.78 is 5.64. The molecular formula is C12H15NO2. The Morgan fingerprint density at radius 2 is 2.33 bits per heavy atom. The molecule has 3 heteroatoms. The molecule has 1 aliphatic heterocycles. The first-order valence-corrected chi connectivity index (χ1v) is 5.21. The van der Waals surface area contributed by atoms with E-state index < -0.39 is 0 Å². The summed E-state index contributed by atoms with van der Waals surface area (Å²) in [5, 5.41) is 2.79. The highest BCUT2D eigenvalue weighted by molar-refractivity contribution is 5.72. The summed E-state index contributed by atoms with van der Waals surface area (Å²) in [7, 11) is 0. The summed E-state index contributed by atoms with van der Waals surface area (Å²) in [5.41, 5.74) is 2.54. The van der Waals surface area contributed by atoms with E-state index in [1.807, 2.05) is 12.1 Å². The van der Waals surface area contributed by atoms with Crippen molar-refractivity contribution in [3.8, 4) is 0 Å². The lowest BCUT2D eigenvalue weighted by atomic mass is 9.97. The SMILES string of the molecule is CC(=O)NC[C@@H]1OCCc2ccccc21. The molecule has 0 saturated carbocycles. The van der Waals surface area contributed by atoms with Crippen molar-refractivity contribution in [2.24, 2.45) is 0 Å². The second-order valence-corrected chi connectivity index (χ2v) is 3.75. The van der Waals surface area contributed by atoms with E-state index in [0.29, 0.717) is 6.54 Å². The van der Waals surface area contributed by atoms with Crippen LogP contribution in [0.3, 0.4) is 0 Å². The molecule has 1 aliphatic rings. The molecule has 0 bridgehead atoms. The topological polar surface area (TPSA) is 38.3 Å². The van der Waals surface area contributed by atoms with Crippen LogP contribution in [-0.4, -0.2) is 19.1 Å². The summed E-state index contributed by atoms with van der Waals surface area (Å²) in [6.45, 7) is 2.82. The van der Waals surface area contributed by atoms with Crippen molar-refractivity contribution in [3.05, 3.63) is 35.4 Å². The lowest BCUT2D eigenvalue weighted by Gasteiger charge is -2.26. The predicted molar refractivity (Wildman–Crippen MR) is 57.5 cm³/mol. The fraction of sp³-hybridized carbons (Fsp3) is 0.417. The zero-order chi connectivity index (χ0) is 10.7. The van der Waals surface area contributed by atoms with Gasteiger partial charge in [-0.15, -0.1) is 0 Å². The van der Waals surface area contributed by atoms with E-state index in [1.165, 1.54) is 18.1 Å². The highest BCUT2D eigenvalue weighted by atomic mass is 16.5. The van der Waals surface area contributed by atoms with Crippen molar-refractivity contribution in [1.82, 2.24) is 5.32 Å². The number of rotatable bonds is 2. The fourth-order valence-corrected chi connectivity index (χ4v) is 1.88. The Labute approximate surface area is 89.4 Å². The molecule has 0 spiro atoms. The number of nitrogens with one attached hydrogen (secondary N) is 1. The van der Waals surface area contributed by atoms with Gasteiger partial charge in [0.05, 0.1) is 6.61 Å². The van der Waals surface area contributed by atoms with Crippen molar-refractivity contribution in [1.29, 1.82) is 0 Å². The molecule has 0 unspecified atom stereocenters. The monoisotopic (exact) mass is 205 g/mol. The molecule has 3 nitrogen and oxygen atoms in total. The van der Waals surface area contributed by atoms with Crippen molar-refractivity contribution >= 4 is 5.91 Å². The molecule has 1 aromatic carbocycles. The van der Waals surface area contributed by atoms with Crippen LogP contribution in [-0.2, 0) is 16.0 Å². The van der Waals surface area contributed by atoms with E-state index >= 15 is 0 Å². The van der Waals surface area contributed by atoms with Crippen molar-refractivity contribution in [2.45, 2.75) is 19.4 Å². The minimum atomic E-state index is -0.0124. The summed E-state index contributed by atoms with van der Waals surface area (Å²) >= 11 is 0. The Morgan fingerprint density at radius 1 is 1.53 bits per heavy atom. The largest absolute Gasteiger partial charge is 0.371 e. The molecule has 1 atom stereocenters. The van der Waals surface area contributed by atoms with Gasteiger partial charge in [-0.25, -0.2) is 0 Å². The molecule has 80 valence electrons. The van der Waals surface area contributed by atoms with Crippen LogP contribution in [0.1, 0.15) is 24.2 Å². The van der Waals surface area contributed by atoms with Gasteiger partial charge < -0.3 is 10.1 Å². The standard InChI is InChI=1S/C12H15NO2/c1-9(14)13-8-12-11-5-3-2-4-10(11)6-7-15-12/h2-5,12H,6-8H2,1H3,(H,13,14)/t12-/m0/s1. The second kappa shape index (κ2) is 4.45. The average molecular weight is 205 g/mol. The molecule has 1 N–H and O–H groups in total. The Bertz CT molecular complexity index is 362. The van der Waals surface area contributed by atoms with Crippen LogP contribution in [0, 0.1) is 0 Å². The third kappa shape index (κ3) is 2.36. The molecule has 2 rings (SSSR count). The van der Waals surface area contributed by atoms with Gasteiger partial charge in [0.2, 0.25) is 5.91 Å². The maximum Gasteiger partial charge on any atom is 0.216 e. The first-order chi connectivity index (χ1) is 7.27. The Hall–Kier alpha value is -1.35. The highest BCUT2D eigenvalue weighted by Gasteiger charge is 2.19. The number of carbonyl (C=O) groups excluding carboxylic acids is 1. The van der Waals surface area contributed by atoms with Crippen LogP contribution < -0.4 is 5.32 Å². The highest BCUT2D eigenvalue weighted by Crippen LogP contribution is 2.25. The van der Waals surface area contributed by atoms with E-state index in [9.17, 15) is 4.79 Å². The van der Waals surface area contributed by atoms with Gasteiger partial charge in [-0.2, -0.15) is 0 Å². The minimum absolute atomic E-state index is 0.0124. The van der Waals surface area contributed by atoms with E-state index in [1.54, 1.807) is 0 Å². The van der Waals surface area contributed by atoms with Gasteiger partial charge in [0.1, 0.15) is 6.10 Å².